The van der Waals surface area contributed by atoms with Crippen molar-refractivity contribution in [1.29, 1.82) is 0 Å². The summed E-state index contributed by atoms with van der Waals surface area (Å²) in [4.78, 5) is 0. The highest BCUT2D eigenvalue weighted by Gasteiger charge is 2.05. The highest BCUT2D eigenvalue weighted by atomic mass is 16.5. The Labute approximate surface area is 56.2 Å². The number of anilines is 2. The van der Waals surface area contributed by atoms with Gasteiger partial charge in [-0.3, -0.25) is 0 Å². The van der Waals surface area contributed by atoms with E-state index in [4.69, 9.17) is 16.0 Å². The molecule has 0 fully saturated rings. The van der Waals surface area contributed by atoms with Gasteiger partial charge in [0, 0.05) is 6.07 Å². The van der Waals surface area contributed by atoms with Gasteiger partial charge in [-0.25, -0.2) is 4.40 Å². The molecule has 0 saturated carbocycles. The lowest BCUT2D eigenvalue weighted by molar-refractivity contribution is 0.455. The summed E-state index contributed by atoms with van der Waals surface area (Å²) in [5.74, 6) is 0.469. The average Bonchev–Trinajstić information content (AvgIpc) is 2.41. The molecule has 0 unspecified atom stereocenters. The van der Waals surface area contributed by atoms with E-state index in [1.807, 2.05) is 0 Å². The van der Waals surface area contributed by atoms with E-state index in [1.165, 1.54) is 6.33 Å². The molecule has 0 amide bonds. The Hall–Kier alpha value is -1.65. The lowest BCUT2D eigenvalue weighted by Crippen LogP contribution is -1.93. The summed E-state index contributed by atoms with van der Waals surface area (Å²) in [6, 6.07) is 1.63. The molecule has 2 aromatic rings. The lowest BCUT2D eigenvalue weighted by atomic mass is 10.5. The molecule has 4 N–H and O–H groups in total. The van der Waals surface area contributed by atoms with Crippen LogP contribution in [0, 0.1) is 0 Å². The Kier molecular flexibility index (Phi) is 0.743. The first-order valence-corrected chi connectivity index (χ1v) is 2.76. The van der Waals surface area contributed by atoms with Crippen molar-refractivity contribution >= 4 is 17.2 Å². The van der Waals surface area contributed by atoms with Gasteiger partial charge in [-0.05, 0) is 0 Å². The van der Waals surface area contributed by atoms with Crippen LogP contribution >= 0.6 is 0 Å². The Balaban J connectivity index is 2.95. The maximum Gasteiger partial charge on any atom is 0.238 e. The number of nitrogen functional groups attached to an aromatic ring is 2. The maximum atomic E-state index is 5.52. The van der Waals surface area contributed by atoms with Gasteiger partial charge in [-0.15, -0.1) is 0 Å². The van der Waals surface area contributed by atoms with Gasteiger partial charge in [0.1, 0.15) is 12.1 Å². The van der Waals surface area contributed by atoms with Crippen LogP contribution in [0.3, 0.4) is 0 Å². The topological polar surface area (TPSA) is 82.5 Å². The molecule has 10 heavy (non-hydrogen) atoms. The highest BCUT2D eigenvalue weighted by molar-refractivity contribution is 5.68. The van der Waals surface area contributed by atoms with Crippen molar-refractivity contribution in [3.8, 4) is 0 Å². The third-order valence-electron chi connectivity index (χ3n) is 1.38. The zero-order chi connectivity index (χ0) is 7.14. The summed E-state index contributed by atoms with van der Waals surface area (Å²) < 4.78 is 6.35. The molecule has 2 aromatic heterocycles. The normalized spacial score (nSPS) is 10.8. The fraction of sp³-hybridized carbons (Fsp3) is 0. The molecule has 0 spiro atoms. The molecule has 5 heteroatoms. The van der Waals surface area contributed by atoms with Crippen LogP contribution in [0.15, 0.2) is 16.9 Å². The van der Waals surface area contributed by atoms with E-state index in [2.05, 4.69) is 5.16 Å². The molecular formula is C5H6N4O. The van der Waals surface area contributed by atoms with Gasteiger partial charge >= 0.3 is 0 Å². The van der Waals surface area contributed by atoms with Crippen LogP contribution in [0.5, 0.6) is 0 Å². The van der Waals surface area contributed by atoms with Gasteiger partial charge in [0.05, 0.1) is 5.69 Å². The van der Waals surface area contributed by atoms with E-state index in [1.54, 1.807) is 10.5 Å². The van der Waals surface area contributed by atoms with Crippen LogP contribution in [-0.4, -0.2) is 9.56 Å². The summed E-state index contributed by atoms with van der Waals surface area (Å²) in [5, 5.41) is 3.52. The minimum absolute atomic E-state index is 0.469. The zero-order valence-corrected chi connectivity index (χ0v) is 5.11. The van der Waals surface area contributed by atoms with Crippen molar-refractivity contribution in [2.75, 3.05) is 11.5 Å². The van der Waals surface area contributed by atoms with Gasteiger partial charge in [0.2, 0.25) is 5.71 Å². The maximum absolute atomic E-state index is 5.52. The zero-order valence-electron chi connectivity index (χ0n) is 5.11. The SMILES string of the molecule is Nc1cc2oncn2c1N. The molecule has 0 saturated heterocycles. The summed E-state index contributed by atoms with van der Waals surface area (Å²) in [6.07, 6.45) is 1.47. The van der Waals surface area contributed by atoms with Crippen molar-refractivity contribution in [3.63, 3.8) is 0 Å². The van der Waals surface area contributed by atoms with E-state index < -0.39 is 0 Å². The van der Waals surface area contributed by atoms with Gasteiger partial charge in [-0.1, -0.05) is 5.16 Å². The number of nitrogens with two attached hydrogens (primary N) is 2. The number of rotatable bonds is 0. The molecule has 0 aliphatic heterocycles. The first-order chi connectivity index (χ1) is 4.79. The van der Waals surface area contributed by atoms with Crippen molar-refractivity contribution in [2.45, 2.75) is 0 Å². The number of fused-ring (bicyclic) bond motifs is 1. The second kappa shape index (κ2) is 1.44. The molecule has 0 atom stereocenters. The summed E-state index contributed by atoms with van der Waals surface area (Å²) in [5.41, 5.74) is 12.1. The van der Waals surface area contributed by atoms with Crippen LogP contribution in [-0.2, 0) is 0 Å². The average molecular weight is 138 g/mol. The number of hydrogen-bond acceptors (Lipinski definition) is 4. The third kappa shape index (κ3) is 0.439. The minimum Gasteiger partial charge on any atom is -0.396 e. The van der Waals surface area contributed by atoms with E-state index >= 15 is 0 Å². The smallest absolute Gasteiger partial charge is 0.238 e. The highest BCUT2D eigenvalue weighted by Crippen LogP contribution is 2.19. The Bertz CT molecular complexity index is 360. The van der Waals surface area contributed by atoms with Gasteiger partial charge in [-0.2, -0.15) is 0 Å². The first-order valence-electron chi connectivity index (χ1n) is 2.76. The number of hydrogen-bond donors (Lipinski definition) is 2. The number of aromatic nitrogens is 2. The standard InChI is InChI=1S/C5H6N4O/c6-3-1-4-9(5(3)7)2-8-10-4/h1-2H,6-7H2. The monoisotopic (exact) mass is 138 g/mol. The van der Waals surface area contributed by atoms with E-state index in [0.29, 0.717) is 17.2 Å². The predicted molar refractivity (Wildman–Crippen MR) is 36.3 cm³/mol. The molecule has 0 aliphatic rings. The Morgan fingerprint density at radius 3 is 3.00 bits per heavy atom. The second-order valence-electron chi connectivity index (χ2n) is 2.01. The fourth-order valence-electron chi connectivity index (χ4n) is 0.848. The number of nitrogens with zero attached hydrogens (tertiary/aromatic N) is 2. The Morgan fingerprint density at radius 2 is 2.30 bits per heavy atom. The Morgan fingerprint density at radius 1 is 1.50 bits per heavy atom. The summed E-state index contributed by atoms with van der Waals surface area (Å²) in [6.45, 7) is 0. The van der Waals surface area contributed by atoms with Gasteiger partial charge in [0.25, 0.3) is 0 Å². The quantitative estimate of drug-likeness (QED) is 0.540. The van der Waals surface area contributed by atoms with Crippen LogP contribution in [0.1, 0.15) is 0 Å². The minimum atomic E-state index is 0.469. The van der Waals surface area contributed by atoms with Crippen LogP contribution < -0.4 is 11.5 Å². The second-order valence-corrected chi connectivity index (χ2v) is 2.01. The molecule has 52 valence electrons. The van der Waals surface area contributed by atoms with Crippen molar-refractivity contribution in [2.24, 2.45) is 0 Å². The summed E-state index contributed by atoms with van der Waals surface area (Å²) in [7, 11) is 0. The molecule has 0 aromatic carbocycles. The molecule has 0 radical (unpaired) electrons. The van der Waals surface area contributed by atoms with E-state index in [9.17, 15) is 0 Å². The molecular weight excluding hydrogens is 132 g/mol. The predicted octanol–water partition coefficient (Wildman–Crippen LogP) is 0.0917. The van der Waals surface area contributed by atoms with E-state index in [0.717, 1.165) is 0 Å². The van der Waals surface area contributed by atoms with Crippen molar-refractivity contribution in [1.82, 2.24) is 9.56 Å². The van der Waals surface area contributed by atoms with E-state index in [-0.39, 0.29) is 0 Å². The lowest BCUT2D eigenvalue weighted by Gasteiger charge is -1.87. The van der Waals surface area contributed by atoms with Crippen LogP contribution in [0.4, 0.5) is 11.5 Å². The largest absolute Gasteiger partial charge is 0.396 e. The van der Waals surface area contributed by atoms with Crippen molar-refractivity contribution in [3.05, 3.63) is 12.4 Å². The molecule has 0 bridgehead atoms. The first kappa shape index (κ1) is 5.16. The fourth-order valence-corrected chi connectivity index (χ4v) is 0.848. The molecule has 5 nitrogen and oxygen atoms in total. The van der Waals surface area contributed by atoms with Gasteiger partial charge in [0.15, 0.2) is 0 Å². The molecule has 2 heterocycles. The van der Waals surface area contributed by atoms with Gasteiger partial charge < -0.3 is 16.0 Å². The van der Waals surface area contributed by atoms with Crippen LogP contribution in [0.2, 0.25) is 0 Å². The summed E-state index contributed by atoms with van der Waals surface area (Å²) >= 11 is 0. The molecule has 2 rings (SSSR count). The molecule has 0 aliphatic carbocycles. The van der Waals surface area contributed by atoms with Crippen molar-refractivity contribution < 1.29 is 4.52 Å². The van der Waals surface area contributed by atoms with Crippen LogP contribution in [0.25, 0.3) is 5.71 Å². The third-order valence-corrected chi connectivity index (χ3v) is 1.38.